The van der Waals surface area contributed by atoms with Crippen LogP contribution in [0.15, 0.2) is 42.7 Å². The summed E-state index contributed by atoms with van der Waals surface area (Å²) in [6, 6.07) is 11.1. The second-order valence-electron chi connectivity index (χ2n) is 8.96. The number of H-pyrrole nitrogens is 1. The van der Waals surface area contributed by atoms with E-state index in [2.05, 4.69) is 35.6 Å². The van der Waals surface area contributed by atoms with Gasteiger partial charge in [0.2, 0.25) is 5.78 Å². The van der Waals surface area contributed by atoms with Crippen molar-refractivity contribution in [1.82, 2.24) is 34.3 Å². The highest BCUT2D eigenvalue weighted by molar-refractivity contribution is 6.08. The number of nitriles is 1. The van der Waals surface area contributed by atoms with Crippen LogP contribution in [0.2, 0.25) is 0 Å². The fourth-order valence-electron chi connectivity index (χ4n) is 4.83. The van der Waals surface area contributed by atoms with Gasteiger partial charge in [0.05, 0.1) is 29.4 Å². The maximum Gasteiger partial charge on any atom is 0.228 e. The Bertz CT molecular complexity index is 1700. The molecule has 10 nitrogen and oxygen atoms in total. The molecule has 0 unspecified atom stereocenters. The maximum absolute atomic E-state index is 13.4. The minimum Gasteiger partial charge on any atom is -0.347 e. The van der Waals surface area contributed by atoms with Crippen LogP contribution in [0.3, 0.4) is 0 Å². The molecule has 1 N–H and O–H groups in total. The summed E-state index contributed by atoms with van der Waals surface area (Å²) in [5.41, 5.74) is 5.38. The zero-order valence-electron chi connectivity index (χ0n) is 20.1. The lowest BCUT2D eigenvalue weighted by atomic mass is 9.95. The van der Waals surface area contributed by atoms with Crippen molar-refractivity contribution in [2.75, 3.05) is 11.4 Å². The molecule has 178 valence electrons. The van der Waals surface area contributed by atoms with Gasteiger partial charge in [-0.25, -0.2) is 15.0 Å². The number of aryl methyl sites for hydroxylation is 2. The van der Waals surface area contributed by atoms with Crippen molar-refractivity contribution in [2.24, 2.45) is 7.05 Å². The van der Waals surface area contributed by atoms with Gasteiger partial charge in [-0.15, -0.1) is 0 Å². The molecule has 0 fully saturated rings. The molecule has 0 amide bonds. The molecule has 0 bridgehead atoms. The predicted molar refractivity (Wildman–Crippen MR) is 133 cm³/mol. The Balaban J connectivity index is 1.34. The molecule has 0 spiro atoms. The van der Waals surface area contributed by atoms with E-state index >= 15 is 0 Å². The van der Waals surface area contributed by atoms with Crippen LogP contribution < -0.4 is 4.90 Å². The summed E-state index contributed by atoms with van der Waals surface area (Å²) in [6.07, 6.45) is 3.80. The van der Waals surface area contributed by atoms with E-state index in [-0.39, 0.29) is 11.6 Å². The maximum atomic E-state index is 13.4. The first-order chi connectivity index (χ1) is 17.4. The number of pyridine rings is 1. The minimum absolute atomic E-state index is 0.208. The van der Waals surface area contributed by atoms with Gasteiger partial charge in [0.1, 0.15) is 11.6 Å². The Morgan fingerprint density at radius 2 is 2.00 bits per heavy atom. The molecule has 5 heterocycles. The number of fused-ring (bicyclic) bond motifs is 2. The third-order valence-corrected chi connectivity index (χ3v) is 6.80. The van der Waals surface area contributed by atoms with Crippen molar-refractivity contribution >= 4 is 22.8 Å². The van der Waals surface area contributed by atoms with Crippen molar-refractivity contribution in [1.29, 1.82) is 5.26 Å². The van der Waals surface area contributed by atoms with Crippen molar-refractivity contribution < 1.29 is 4.79 Å². The molecule has 36 heavy (non-hydrogen) atoms. The Kier molecular flexibility index (Phi) is 4.93. The molecule has 0 atom stereocenters. The monoisotopic (exact) mass is 477 g/mol. The summed E-state index contributed by atoms with van der Waals surface area (Å²) in [7, 11) is 1.86. The fraction of sp³-hybridized carbons (Fsp3) is 0.231. The van der Waals surface area contributed by atoms with Gasteiger partial charge >= 0.3 is 0 Å². The lowest BCUT2D eigenvalue weighted by molar-refractivity contribution is 0.103. The van der Waals surface area contributed by atoms with Crippen LogP contribution >= 0.6 is 0 Å². The topological polar surface area (TPSA) is 121 Å². The fourth-order valence-corrected chi connectivity index (χ4v) is 4.83. The number of nitrogens with zero attached hydrogens (tertiary/aromatic N) is 8. The normalized spacial score (nSPS) is 13.1. The number of hydrogen-bond donors (Lipinski definition) is 1. The van der Waals surface area contributed by atoms with Crippen LogP contribution in [-0.4, -0.2) is 46.6 Å². The molecule has 1 aromatic carbocycles. The Morgan fingerprint density at radius 1 is 1.14 bits per heavy atom. The summed E-state index contributed by atoms with van der Waals surface area (Å²) < 4.78 is 3.92. The zero-order chi connectivity index (χ0) is 25.0. The molecule has 6 rings (SSSR count). The number of hydrogen-bond acceptors (Lipinski definition) is 7. The smallest absolute Gasteiger partial charge is 0.228 e. The van der Waals surface area contributed by atoms with Crippen molar-refractivity contribution in [3.8, 4) is 17.2 Å². The average molecular weight is 478 g/mol. The number of nitrogens with one attached hydrogen (secondary N) is 1. The van der Waals surface area contributed by atoms with Gasteiger partial charge in [-0.2, -0.15) is 10.4 Å². The SMILES string of the molecule is Cc1nn(C)c(C)c1-c1cc(C(=O)c2nc3nc(N4CCn5ccnc5C4)ccc3[nH]2)ccc1C#N. The number of imidazole rings is 2. The molecule has 0 saturated heterocycles. The van der Waals surface area contributed by atoms with E-state index in [0.29, 0.717) is 34.4 Å². The number of aromatic amines is 1. The van der Waals surface area contributed by atoms with Gasteiger partial charge < -0.3 is 14.5 Å². The van der Waals surface area contributed by atoms with E-state index < -0.39 is 0 Å². The molecule has 1 aliphatic heterocycles. The van der Waals surface area contributed by atoms with Crippen LogP contribution in [0.25, 0.3) is 22.3 Å². The van der Waals surface area contributed by atoms with E-state index in [1.807, 2.05) is 45.4 Å². The third kappa shape index (κ3) is 3.44. The Labute approximate surface area is 206 Å². The molecule has 1 aliphatic rings. The molecule has 0 radical (unpaired) electrons. The zero-order valence-corrected chi connectivity index (χ0v) is 20.1. The Hall–Kier alpha value is -4.78. The van der Waals surface area contributed by atoms with Crippen LogP contribution in [-0.2, 0) is 20.1 Å². The molecule has 10 heteroatoms. The first-order valence-corrected chi connectivity index (χ1v) is 11.6. The van der Waals surface area contributed by atoms with E-state index in [0.717, 1.165) is 41.7 Å². The van der Waals surface area contributed by atoms with Gasteiger partial charge in [0.15, 0.2) is 11.5 Å². The molecular weight excluding hydrogens is 454 g/mol. The number of carbonyl (C=O) groups is 1. The third-order valence-electron chi connectivity index (χ3n) is 6.80. The van der Waals surface area contributed by atoms with E-state index in [4.69, 9.17) is 4.98 Å². The summed E-state index contributed by atoms with van der Waals surface area (Å²) in [6.45, 7) is 6.18. The molecule has 5 aromatic rings. The molecule has 0 saturated carbocycles. The van der Waals surface area contributed by atoms with Gasteiger partial charge in [-0.1, -0.05) is 0 Å². The van der Waals surface area contributed by atoms with Crippen LogP contribution in [0.4, 0.5) is 5.82 Å². The number of benzene rings is 1. The van der Waals surface area contributed by atoms with Crippen molar-refractivity contribution in [3.05, 3.63) is 76.9 Å². The molecule has 4 aromatic heterocycles. The van der Waals surface area contributed by atoms with Gasteiger partial charge in [-0.3, -0.25) is 9.48 Å². The lowest BCUT2D eigenvalue weighted by Gasteiger charge is -2.28. The number of anilines is 1. The molecular formula is C26H23N9O. The summed E-state index contributed by atoms with van der Waals surface area (Å²) >= 11 is 0. The highest BCUT2D eigenvalue weighted by Crippen LogP contribution is 2.31. The van der Waals surface area contributed by atoms with E-state index in [1.54, 1.807) is 22.9 Å². The lowest BCUT2D eigenvalue weighted by Crippen LogP contribution is -2.34. The number of rotatable bonds is 4. The largest absolute Gasteiger partial charge is 0.347 e. The van der Waals surface area contributed by atoms with Crippen LogP contribution in [0.5, 0.6) is 0 Å². The summed E-state index contributed by atoms with van der Waals surface area (Å²) in [5, 5.41) is 14.2. The van der Waals surface area contributed by atoms with Gasteiger partial charge in [0, 0.05) is 54.9 Å². The minimum atomic E-state index is -0.264. The van der Waals surface area contributed by atoms with Crippen molar-refractivity contribution in [3.63, 3.8) is 0 Å². The second kappa shape index (κ2) is 8.16. The number of aromatic nitrogens is 7. The second-order valence-corrected chi connectivity index (χ2v) is 8.96. The van der Waals surface area contributed by atoms with E-state index in [1.165, 1.54) is 0 Å². The molecule has 0 aliphatic carbocycles. The number of ketones is 1. The first kappa shape index (κ1) is 21.7. The quantitative estimate of drug-likeness (QED) is 0.394. The summed E-state index contributed by atoms with van der Waals surface area (Å²) in [5.74, 6) is 1.74. The summed E-state index contributed by atoms with van der Waals surface area (Å²) in [4.78, 5) is 32.3. The van der Waals surface area contributed by atoms with Crippen LogP contribution in [0.1, 0.15) is 39.0 Å². The van der Waals surface area contributed by atoms with Crippen LogP contribution in [0, 0.1) is 25.2 Å². The highest BCUT2D eigenvalue weighted by atomic mass is 16.1. The van der Waals surface area contributed by atoms with Gasteiger partial charge in [0.25, 0.3) is 0 Å². The van der Waals surface area contributed by atoms with Crippen molar-refractivity contribution in [2.45, 2.75) is 26.9 Å². The standard InChI is InChI=1S/C26H23N9O/c1-15-23(16(2)33(3)32-15)19-12-17(4-5-18(19)13-27)24(36)26-29-20-6-7-21(30-25(20)31-26)35-11-10-34-9-8-28-22(34)14-35/h4-9,12H,10-11,14H2,1-3H3,(H,29,30,31). The van der Waals surface area contributed by atoms with Gasteiger partial charge in [-0.05, 0) is 44.2 Å². The number of carbonyl (C=O) groups excluding carboxylic acids is 1. The van der Waals surface area contributed by atoms with E-state index in [9.17, 15) is 10.1 Å². The average Bonchev–Trinajstić information content (AvgIpc) is 3.59. The first-order valence-electron chi connectivity index (χ1n) is 11.6. The highest BCUT2D eigenvalue weighted by Gasteiger charge is 2.22. The Morgan fingerprint density at radius 3 is 2.78 bits per heavy atom. The predicted octanol–water partition coefficient (Wildman–Crippen LogP) is 3.29.